The Hall–Kier alpha value is -4.49. The van der Waals surface area contributed by atoms with Crippen molar-refractivity contribution in [3.05, 3.63) is 120 Å². The van der Waals surface area contributed by atoms with E-state index in [1.165, 1.54) is 22.3 Å². The van der Waals surface area contributed by atoms with Crippen molar-refractivity contribution in [2.45, 2.75) is 13.5 Å². The van der Waals surface area contributed by atoms with Crippen molar-refractivity contribution in [2.24, 2.45) is 0 Å². The molecule has 5 aromatic rings. The Bertz CT molecular complexity index is 1460. The molecule has 0 spiro atoms. The standard InChI is InChI=1S/C29H22N4/c1-20-4-3-5-24(16-20)22-8-6-21(7-9-22)18-33-29-27-19-32-28(17-25(27)14-15-31-29)23-10-12-26(30-2)13-11-23/h3-17,19H,18H2,1H3,(H,31,33). The maximum absolute atomic E-state index is 7.10. The third kappa shape index (κ3) is 4.44. The molecule has 5 rings (SSSR count). The number of benzene rings is 3. The zero-order chi connectivity index (χ0) is 22.6. The van der Waals surface area contributed by atoms with Crippen LogP contribution in [-0.4, -0.2) is 9.97 Å². The van der Waals surface area contributed by atoms with Gasteiger partial charge in [-0.3, -0.25) is 4.98 Å². The predicted molar refractivity (Wildman–Crippen MR) is 135 cm³/mol. The van der Waals surface area contributed by atoms with Crippen LogP contribution in [0.5, 0.6) is 0 Å². The number of nitrogens with zero attached hydrogens (tertiary/aromatic N) is 3. The number of aryl methyl sites for hydroxylation is 1. The number of hydrogen-bond acceptors (Lipinski definition) is 3. The lowest BCUT2D eigenvalue weighted by molar-refractivity contribution is 1.12. The summed E-state index contributed by atoms with van der Waals surface area (Å²) >= 11 is 0. The largest absolute Gasteiger partial charge is 0.365 e. The Morgan fingerprint density at radius 1 is 0.818 bits per heavy atom. The molecule has 0 aliphatic heterocycles. The molecule has 0 aliphatic carbocycles. The van der Waals surface area contributed by atoms with E-state index in [0.29, 0.717) is 12.2 Å². The van der Waals surface area contributed by atoms with Crippen LogP contribution in [0.15, 0.2) is 97.3 Å². The van der Waals surface area contributed by atoms with Gasteiger partial charge in [0.05, 0.1) is 12.3 Å². The minimum absolute atomic E-state index is 0.627. The molecule has 2 heterocycles. The van der Waals surface area contributed by atoms with Crippen LogP contribution in [0.3, 0.4) is 0 Å². The van der Waals surface area contributed by atoms with E-state index in [-0.39, 0.29) is 0 Å². The van der Waals surface area contributed by atoms with E-state index in [0.717, 1.165) is 27.8 Å². The maximum atomic E-state index is 7.10. The Labute approximate surface area is 193 Å². The minimum atomic E-state index is 0.627. The molecule has 0 unspecified atom stereocenters. The quantitative estimate of drug-likeness (QED) is 0.297. The normalized spacial score (nSPS) is 10.7. The molecule has 0 fully saturated rings. The van der Waals surface area contributed by atoms with Gasteiger partial charge in [-0.15, -0.1) is 0 Å². The van der Waals surface area contributed by atoms with Crippen LogP contribution >= 0.6 is 0 Å². The highest BCUT2D eigenvalue weighted by atomic mass is 15.0. The van der Waals surface area contributed by atoms with Gasteiger partial charge in [0.2, 0.25) is 0 Å². The number of nitrogens with one attached hydrogen (secondary N) is 1. The molecular formula is C29H22N4. The van der Waals surface area contributed by atoms with Crippen LogP contribution in [0.1, 0.15) is 11.1 Å². The molecule has 3 aromatic carbocycles. The zero-order valence-electron chi connectivity index (χ0n) is 18.3. The first kappa shape index (κ1) is 20.4. The Balaban J connectivity index is 1.34. The second-order valence-corrected chi connectivity index (χ2v) is 8.03. The monoisotopic (exact) mass is 426 g/mol. The lowest BCUT2D eigenvalue weighted by atomic mass is 10.0. The number of rotatable bonds is 5. The summed E-state index contributed by atoms with van der Waals surface area (Å²) in [5.41, 5.74) is 7.39. The molecule has 158 valence electrons. The third-order valence-electron chi connectivity index (χ3n) is 5.71. The molecular weight excluding hydrogens is 404 g/mol. The summed E-state index contributed by atoms with van der Waals surface area (Å²) in [7, 11) is 0. The van der Waals surface area contributed by atoms with Crippen molar-refractivity contribution >= 4 is 22.3 Å². The molecule has 2 aromatic heterocycles. The smallest absolute Gasteiger partial charge is 0.187 e. The summed E-state index contributed by atoms with van der Waals surface area (Å²) in [6.07, 6.45) is 3.68. The molecule has 0 saturated carbocycles. The summed E-state index contributed by atoms with van der Waals surface area (Å²) in [6.45, 7) is 9.90. The Morgan fingerprint density at radius 2 is 1.61 bits per heavy atom. The van der Waals surface area contributed by atoms with Gasteiger partial charge in [-0.2, -0.15) is 0 Å². The molecule has 1 N–H and O–H groups in total. The first-order valence-corrected chi connectivity index (χ1v) is 10.8. The van der Waals surface area contributed by atoms with E-state index in [2.05, 4.69) is 81.7 Å². The van der Waals surface area contributed by atoms with Crippen molar-refractivity contribution in [1.29, 1.82) is 0 Å². The molecule has 0 bridgehead atoms. The number of aromatic nitrogens is 2. The Morgan fingerprint density at radius 3 is 2.36 bits per heavy atom. The van der Waals surface area contributed by atoms with Gasteiger partial charge in [0.15, 0.2) is 5.69 Å². The molecule has 0 radical (unpaired) electrons. The topological polar surface area (TPSA) is 42.2 Å². The summed E-state index contributed by atoms with van der Waals surface area (Å²) in [5.74, 6) is 0.817. The van der Waals surface area contributed by atoms with E-state index in [1.54, 1.807) is 0 Å². The summed E-state index contributed by atoms with van der Waals surface area (Å²) in [5, 5.41) is 5.51. The van der Waals surface area contributed by atoms with Gasteiger partial charge >= 0.3 is 0 Å². The molecule has 4 heteroatoms. The van der Waals surface area contributed by atoms with Gasteiger partial charge in [-0.05, 0) is 46.7 Å². The van der Waals surface area contributed by atoms with Gasteiger partial charge in [0, 0.05) is 24.3 Å². The predicted octanol–water partition coefficient (Wildman–Crippen LogP) is 7.44. The molecule has 0 amide bonds. The highest BCUT2D eigenvalue weighted by Gasteiger charge is 2.07. The first-order valence-electron chi connectivity index (χ1n) is 10.8. The highest BCUT2D eigenvalue weighted by Crippen LogP contribution is 2.27. The molecule has 0 atom stereocenters. The van der Waals surface area contributed by atoms with E-state index in [1.807, 2.05) is 42.7 Å². The fourth-order valence-electron chi connectivity index (χ4n) is 3.90. The van der Waals surface area contributed by atoms with E-state index in [4.69, 9.17) is 6.57 Å². The molecule has 33 heavy (non-hydrogen) atoms. The van der Waals surface area contributed by atoms with Crippen LogP contribution in [0.25, 0.3) is 38.0 Å². The van der Waals surface area contributed by atoms with Gasteiger partial charge in [-0.25, -0.2) is 9.83 Å². The average Bonchev–Trinajstić information content (AvgIpc) is 2.87. The fourth-order valence-corrected chi connectivity index (χ4v) is 3.90. The van der Waals surface area contributed by atoms with Crippen molar-refractivity contribution in [3.63, 3.8) is 0 Å². The van der Waals surface area contributed by atoms with Gasteiger partial charge in [-0.1, -0.05) is 78.4 Å². The molecule has 0 saturated heterocycles. The van der Waals surface area contributed by atoms with Crippen LogP contribution in [0, 0.1) is 13.5 Å². The minimum Gasteiger partial charge on any atom is -0.365 e. The summed E-state index contributed by atoms with van der Waals surface area (Å²) in [6, 6.07) is 28.7. The second kappa shape index (κ2) is 8.94. The number of hydrogen-bond donors (Lipinski definition) is 1. The van der Waals surface area contributed by atoms with E-state index >= 15 is 0 Å². The molecule has 0 aliphatic rings. The average molecular weight is 427 g/mol. The maximum Gasteiger partial charge on any atom is 0.187 e. The van der Waals surface area contributed by atoms with Gasteiger partial charge in [0.25, 0.3) is 0 Å². The van der Waals surface area contributed by atoms with E-state index < -0.39 is 0 Å². The van der Waals surface area contributed by atoms with Crippen LogP contribution in [0.4, 0.5) is 11.5 Å². The molecule has 4 nitrogen and oxygen atoms in total. The van der Waals surface area contributed by atoms with Crippen molar-refractivity contribution < 1.29 is 0 Å². The van der Waals surface area contributed by atoms with Gasteiger partial charge in [0.1, 0.15) is 5.82 Å². The van der Waals surface area contributed by atoms with Crippen molar-refractivity contribution in [1.82, 2.24) is 9.97 Å². The fraction of sp³-hybridized carbons (Fsp3) is 0.0690. The van der Waals surface area contributed by atoms with Crippen molar-refractivity contribution in [2.75, 3.05) is 5.32 Å². The van der Waals surface area contributed by atoms with Crippen LogP contribution < -0.4 is 5.32 Å². The van der Waals surface area contributed by atoms with Crippen LogP contribution in [-0.2, 0) is 6.54 Å². The van der Waals surface area contributed by atoms with Gasteiger partial charge < -0.3 is 5.32 Å². The zero-order valence-corrected chi connectivity index (χ0v) is 18.3. The van der Waals surface area contributed by atoms with Crippen molar-refractivity contribution in [3.8, 4) is 22.4 Å². The summed E-state index contributed by atoms with van der Waals surface area (Å²) in [4.78, 5) is 12.6. The summed E-state index contributed by atoms with van der Waals surface area (Å²) < 4.78 is 0. The SMILES string of the molecule is [C-]#[N+]c1ccc(-c2cc3ccnc(NCc4ccc(-c5cccc(C)c5)cc4)c3cn2)cc1. The van der Waals surface area contributed by atoms with E-state index in [9.17, 15) is 0 Å². The second-order valence-electron chi connectivity index (χ2n) is 8.03. The number of pyridine rings is 2. The lowest BCUT2D eigenvalue weighted by Gasteiger charge is -2.11. The third-order valence-corrected chi connectivity index (χ3v) is 5.71. The Kier molecular flexibility index (Phi) is 5.53. The lowest BCUT2D eigenvalue weighted by Crippen LogP contribution is -2.02. The number of anilines is 1. The number of fused-ring (bicyclic) bond motifs is 1. The first-order chi connectivity index (χ1) is 16.2. The highest BCUT2D eigenvalue weighted by molar-refractivity contribution is 5.93. The van der Waals surface area contributed by atoms with Crippen LogP contribution in [0.2, 0.25) is 0 Å².